The first kappa shape index (κ1) is 9.72. The fourth-order valence-corrected chi connectivity index (χ4v) is 1.68. The maximum atomic E-state index is 11.6. The first-order chi connectivity index (χ1) is 7.25. The normalized spacial score (nSPS) is 9.93. The van der Waals surface area contributed by atoms with Crippen LogP contribution in [0.15, 0.2) is 24.0 Å². The molecule has 0 radical (unpaired) electrons. The van der Waals surface area contributed by atoms with Crippen LogP contribution >= 0.6 is 11.3 Å². The van der Waals surface area contributed by atoms with E-state index in [0.29, 0.717) is 10.8 Å². The van der Waals surface area contributed by atoms with Gasteiger partial charge in [0.05, 0.1) is 5.69 Å². The van der Waals surface area contributed by atoms with E-state index in [4.69, 9.17) is 0 Å². The molecule has 0 unspecified atom stereocenters. The zero-order valence-corrected chi connectivity index (χ0v) is 8.78. The summed E-state index contributed by atoms with van der Waals surface area (Å²) in [5, 5.41) is 5.11. The minimum atomic E-state index is -0.272. The molecule has 0 atom stereocenters. The van der Waals surface area contributed by atoms with Gasteiger partial charge in [-0.05, 0) is 13.0 Å². The third-order valence-electron chi connectivity index (χ3n) is 1.65. The second-order valence-electron chi connectivity index (χ2n) is 2.84. The highest BCUT2D eigenvalue weighted by molar-refractivity contribution is 7.13. The second kappa shape index (κ2) is 4.14. The van der Waals surface area contributed by atoms with Crippen LogP contribution in [0.2, 0.25) is 0 Å². The van der Waals surface area contributed by atoms with Crippen LogP contribution in [-0.2, 0) is 0 Å². The molecule has 0 aliphatic carbocycles. The van der Waals surface area contributed by atoms with E-state index in [1.54, 1.807) is 6.07 Å². The lowest BCUT2D eigenvalue weighted by Crippen LogP contribution is -2.13. The lowest BCUT2D eigenvalue weighted by molar-refractivity contribution is 0.102. The maximum Gasteiger partial charge on any atom is 0.276 e. The molecule has 2 rings (SSSR count). The molecule has 0 aromatic carbocycles. The third-order valence-corrected chi connectivity index (χ3v) is 2.53. The Bertz CT molecular complexity index is 468. The quantitative estimate of drug-likeness (QED) is 0.832. The van der Waals surface area contributed by atoms with E-state index in [-0.39, 0.29) is 5.91 Å². The van der Waals surface area contributed by atoms with Crippen LogP contribution < -0.4 is 5.32 Å². The third kappa shape index (κ3) is 2.35. The van der Waals surface area contributed by atoms with Crippen LogP contribution in [0.5, 0.6) is 0 Å². The summed E-state index contributed by atoms with van der Waals surface area (Å²) in [5.74, 6) is -0.272. The average molecular weight is 220 g/mol. The summed E-state index contributed by atoms with van der Waals surface area (Å²) in [6, 6.07) is 1.55. The number of hydrogen-bond acceptors (Lipinski definition) is 5. The van der Waals surface area contributed by atoms with Crippen molar-refractivity contribution >= 4 is 22.4 Å². The van der Waals surface area contributed by atoms with Crippen molar-refractivity contribution in [3.8, 4) is 0 Å². The summed E-state index contributed by atoms with van der Waals surface area (Å²) in [6.45, 7) is 1.87. The number of hydrogen-bond donors (Lipinski definition) is 1. The van der Waals surface area contributed by atoms with Gasteiger partial charge in [0.15, 0.2) is 5.13 Å². The molecule has 2 heterocycles. The van der Waals surface area contributed by atoms with Gasteiger partial charge in [-0.15, -0.1) is 11.3 Å². The first-order valence-electron chi connectivity index (χ1n) is 4.25. The summed E-state index contributed by atoms with van der Waals surface area (Å²) >= 11 is 1.39. The summed E-state index contributed by atoms with van der Waals surface area (Å²) in [5.41, 5.74) is 1.22. The van der Waals surface area contributed by atoms with Gasteiger partial charge in [0, 0.05) is 11.6 Å². The molecule has 1 N–H and O–H groups in total. The van der Waals surface area contributed by atoms with E-state index in [1.807, 2.05) is 12.3 Å². The summed E-state index contributed by atoms with van der Waals surface area (Å²) in [7, 11) is 0. The van der Waals surface area contributed by atoms with Crippen molar-refractivity contribution in [3.05, 3.63) is 35.4 Å². The molecule has 2 aromatic rings. The van der Waals surface area contributed by atoms with E-state index in [9.17, 15) is 4.79 Å². The molecule has 0 saturated carbocycles. The van der Waals surface area contributed by atoms with Crippen molar-refractivity contribution in [2.75, 3.05) is 5.32 Å². The summed E-state index contributed by atoms with van der Waals surface area (Å²) < 4.78 is 0. The SMILES string of the molecule is Cc1csc(NC(=O)c2ccncn2)n1. The Kier molecular flexibility index (Phi) is 2.68. The highest BCUT2D eigenvalue weighted by Gasteiger charge is 2.08. The monoisotopic (exact) mass is 220 g/mol. The van der Waals surface area contributed by atoms with Gasteiger partial charge >= 0.3 is 0 Å². The van der Waals surface area contributed by atoms with Crippen molar-refractivity contribution < 1.29 is 4.79 Å². The van der Waals surface area contributed by atoms with E-state index < -0.39 is 0 Å². The average Bonchev–Trinajstić information content (AvgIpc) is 2.65. The van der Waals surface area contributed by atoms with E-state index in [0.717, 1.165) is 5.69 Å². The molecule has 76 valence electrons. The molecule has 0 spiro atoms. The zero-order valence-electron chi connectivity index (χ0n) is 7.97. The van der Waals surface area contributed by atoms with Crippen molar-refractivity contribution in [3.63, 3.8) is 0 Å². The molecule has 0 aliphatic heterocycles. The van der Waals surface area contributed by atoms with Crippen molar-refractivity contribution in [1.29, 1.82) is 0 Å². The Morgan fingerprint density at radius 2 is 2.40 bits per heavy atom. The van der Waals surface area contributed by atoms with Crippen LogP contribution in [0, 0.1) is 6.92 Å². The van der Waals surface area contributed by atoms with Crippen LogP contribution in [0.3, 0.4) is 0 Å². The fourth-order valence-electron chi connectivity index (χ4n) is 0.998. The predicted octanol–water partition coefficient (Wildman–Crippen LogP) is 1.49. The molecule has 0 bridgehead atoms. The Labute approximate surface area is 90.2 Å². The molecular weight excluding hydrogens is 212 g/mol. The maximum absolute atomic E-state index is 11.6. The molecule has 1 amide bonds. The minimum Gasteiger partial charge on any atom is -0.296 e. The van der Waals surface area contributed by atoms with Gasteiger partial charge < -0.3 is 0 Å². The van der Waals surface area contributed by atoms with Gasteiger partial charge in [0.1, 0.15) is 12.0 Å². The molecule has 15 heavy (non-hydrogen) atoms. The zero-order chi connectivity index (χ0) is 10.7. The number of anilines is 1. The fraction of sp³-hybridized carbons (Fsp3) is 0.111. The van der Waals surface area contributed by atoms with Gasteiger partial charge in [0.2, 0.25) is 0 Å². The topological polar surface area (TPSA) is 67.8 Å². The summed E-state index contributed by atoms with van der Waals surface area (Å²) in [4.78, 5) is 23.3. The van der Waals surface area contributed by atoms with Crippen LogP contribution in [-0.4, -0.2) is 20.9 Å². The standard InChI is InChI=1S/C9H8N4OS/c1-6-4-15-9(12-6)13-8(14)7-2-3-10-5-11-7/h2-5H,1H3,(H,12,13,14). The van der Waals surface area contributed by atoms with Crippen molar-refractivity contribution in [1.82, 2.24) is 15.0 Å². The van der Waals surface area contributed by atoms with Crippen molar-refractivity contribution in [2.24, 2.45) is 0 Å². The van der Waals surface area contributed by atoms with Crippen LogP contribution in [0.4, 0.5) is 5.13 Å². The van der Waals surface area contributed by atoms with E-state index >= 15 is 0 Å². The largest absolute Gasteiger partial charge is 0.296 e. The van der Waals surface area contributed by atoms with E-state index in [1.165, 1.54) is 23.9 Å². The smallest absolute Gasteiger partial charge is 0.276 e. The van der Waals surface area contributed by atoms with Gasteiger partial charge in [-0.2, -0.15) is 0 Å². The lowest BCUT2D eigenvalue weighted by atomic mass is 10.4. The highest BCUT2D eigenvalue weighted by atomic mass is 32.1. The van der Waals surface area contributed by atoms with Gasteiger partial charge in [-0.1, -0.05) is 0 Å². The number of rotatable bonds is 2. The summed E-state index contributed by atoms with van der Waals surface area (Å²) in [6.07, 6.45) is 2.86. The Morgan fingerprint density at radius 1 is 1.53 bits per heavy atom. The van der Waals surface area contributed by atoms with Gasteiger partial charge in [-0.3, -0.25) is 10.1 Å². The Morgan fingerprint density at radius 3 is 3.00 bits per heavy atom. The number of aryl methyl sites for hydroxylation is 1. The molecule has 5 nitrogen and oxygen atoms in total. The molecule has 0 saturated heterocycles. The number of nitrogens with zero attached hydrogens (tertiary/aromatic N) is 3. The van der Waals surface area contributed by atoms with E-state index in [2.05, 4.69) is 20.3 Å². The minimum absolute atomic E-state index is 0.272. The molecule has 2 aromatic heterocycles. The number of nitrogens with one attached hydrogen (secondary N) is 1. The van der Waals surface area contributed by atoms with Gasteiger partial charge in [-0.25, -0.2) is 15.0 Å². The van der Waals surface area contributed by atoms with Crippen LogP contribution in [0.25, 0.3) is 0 Å². The first-order valence-corrected chi connectivity index (χ1v) is 5.13. The highest BCUT2D eigenvalue weighted by Crippen LogP contribution is 2.14. The van der Waals surface area contributed by atoms with Crippen molar-refractivity contribution in [2.45, 2.75) is 6.92 Å². The van der Waals surface area contributed by atoms with Crippen LogP contribution in [0.1, 0.15) is 16.2 Å². The number of amides is 1. The lowest BCUT2D eigenvalue weighted by Gasteiger charge is -1.98. The number of carbonyl (C=O) groups excluding carboxylic acids is 1. The van der Waals surface area contributed by atoms with Gasteiger partial charge in [0.25, 0.3) is 5.91 Å². The molecular formula is C9H8N4OS. The molecule has 0 fully saturated rings. The molecule has 6 heteroatoms. The molecule has 0 aliphatic rings. The predicted molar refractivity (Wildman–Crippen MR) is 56.8 cm³/mol. The number of carbonyl (C=O) groups is 1. The number of aromatic nitrogens is 3. The Hall–Kier alpha value is -1.82. The second-order valence-corrected chi connectivity index (χ2v) is 3.70. The number of thiazole rings is 1. The Balaban J connectivity index is 2.11.